The summed E-state index contributed by atoms with van der Waals surface area (Å²) in [6.45, 7) is 0.446. The fraction of sp³-hybridized carbons (Fsp3) is 0.0769. The molecule has 1 aromatic carbocycles. The highest BCUT2D eigenvalue weighted by molar-refractivity contribution is 14.1. The molecule has 0 aliphatic carbocycles. The molecular formula is C13H10FIN2O2. The maximum atomic E-state index is 12.9. The molecule has 0 saturated carbocycles. The Morgan fingerprint density at radius 1 is 1.37 bits per heavy atom. The van der Waals surface area contributed by atoms with Crippen LogP contribution in [0.15, 0.2) is 36.5 Å². The summed E-state index contributed by atoms with van der Waals surface area (Å²) >= 11 is 2.04. The van der Waals surface area contributed by atoms with Gasteiger partial charge in [-0.05, 0) is 52.9 Å². The number of nitrogens with zero attached hydrogens (tertiary/aromatic N) is 1. The summed E-state index contributed by atoms with van der Waals surface area (Å²) in [5.41, 5.74) is 1.68. The molecule has 98 valence electrons. The van der Waals surface area contributed by atoms with E-state index in [-0.39, 0.29) is 11.4 Å². The third-order valence-electron chi connectivity index (χ3n) is 2.46. The molecule has 0 atom stereocenters. The van der Waals surface area contributed by atoms with E-state index in [9.17, 15) is 9.18 Å². The lowest BCUT2D eigenvalue weighted by atomic mass is 10.2. The predicted octanol–water partition coefficient (Wildman–Crippen LogP) is 3.14. The third-order valence-corrected chi connectivity index (χ3v) is 3.36. The number of anilines is 1. The third kappa shape index (κ3) is 3.63. The van der Waals surface area contributed by atoms with Gasteiger partial charge < -0.3 is 10.4 Å². The number of benzene rings is 1. The van der Waals surface area contributed by atoms with Crippen molar-refractivity contribution in [1.29, 1.82) is 0 Å². The van der Waals surface area contributed by atoms with Crippen LogP contribution in [0.25, 0.3) is 0 Å². The molecule has 0 aliphatic heterocycles. The van der Waals surface area contributed by atoms with Crippen LogP contribution in [0.4, 0.5) is 10.1 Å². The minimum absolute atomic E-state index is 0.153. The molecule has 0 fully saturated rings. The van der Waals surface area contributed by atoms with Crippen molar-refractivity contribution in [3.05, 3.63) is 57.2 Å². The SMILES string of the molecule is O=C(O)c1ccc(CNc2ccc(F)cc2I)nc1. The van der Waals surface area contributed by atoms with Crippen molar-refractivity contribution in [3.8, 4) is 0 Å². The van der Waals surface area contributed by atoms with Crippen molar-refractivity contribution in [2.24, 2.45) is 0 Å². The van der Waals surface area contributed by atoms with Crippen molar-refractivity contribution in [1.82, 2.24) is 4.98 Å². The van der Waals surface area contributed by atoms with Crippen molar-refractivity contribution < 1.29 is 14.3 Å². The topological polar surface area (TPSA) is 62.2 Å². The monoisotopic (exact) mass is 372 g/mol. The van der Waals surface area contributed by atoms with E-state index in [0.717, 1.165) is 9.26 Å². The lowest BCUT2D eigenvalue weighted by Crippen LogP contribution is -2.04. The van der Waals surface area contributed by atoms with Crippen molar-refractivity contribution >= 4 is 34.2 Å². The van der Waals surface area contributed by atoms with Gasteiger partial charge in [-0.2, -0.15) is 0 Å². The molecule has 0 spiro atoms. The van der Waals surface area contributed by atoms with Crippen LogP contribution in [0.5, 0.6) is 0 Å². The number of carboxylic acid groups (broad SMARTS) is 1. The maximum absolute atomic E-state index is 12.9. The molecule has 0 amide bonds. The number of pyridine rings is 1. The van der Waals surface area contributed by atoms with Crippen LogP contribution in [0.1, 0.15) is 16.1 Å². The zero-order valence-corrected chi connectivity index (χ0v) is 11.9. The van der Waals surface area contributed by atoms with Gasteiger partial charge in [-0.15, -0.1) is 0 Å². The van der Waals surface area contributed by atoms with Crippen molar-refractivity contribution in [2.75, 3.05) is 5.32 Å². The fourth-order valence-corrected chi connectivity index (χ4v) is 2.14. The first-order valence-corrected chi connectivity index (χ1v) is 6.51. The number of carbonyl (C=O) groups is 1. The number of rotatable bonds is 4. The lowest BCUT2D eigenvalue weighted by molar-refractivity contribution is 0.0696. The van der Waals surface area contributed by atoms with Gasteiger partial charge in [0.25, 0.3) is 0 Å². The smallest absolute Gasteiger partial charge is 0.337 e. The van der Waals surface area contributed by atoms with Crippen molar-refractivity contribution in [3.63, 3.8) is 0 Å². The summed E-state index contributed by atoms with van der Waals surface area (Å²) in [4.78, 5) is 14.7. The van der Waals surface area contributed by atoms with Crippen LogP contribution >= 0.6 is 22.6 Å². The quantitative estimate of drug-likeness (QED) is 0.810. The average molecular weight is 372 g/mol. The minimum Gasteiger partial charge on any atom is -0.478 e. The second-order valence-electron chi connectivity index (χ2n) is 3.82. The Kier molecular flexibility index (Phi) is 4.31. The normalized spacial score (nSPS) is 10.2. The molecule has 0 unspecified atom stereocenters. The zero-order chi connectivity index (χ0) is 13.8. The van der Waals surface area contributed by atoms with E-state index in [0.29, 0.717) is 12.2 Å². The Hall–Kier alpha value is -1.70. The van der Waals surface area contributed by atoms with Gasteiger partial charge >= 0.3 is 5.97 Å². The zero-order valence-electron chi connectivity index (χ0n) is 9.73. The number of carboxylic acids is 1. The Bertz CT molecular complexity index is 602. The number of hydrogen-bond donors (Lipinski definition) is 2. The van der Waals surface area contributed by atoms with Gasteiger partial charge in [0, 0.05) is 15.5 Å². The molecule has 6 heteroatoms. The van der Waals surface area contributed by atoms with Gasteiger partial charge in [-0.25, -0.2) is 9.18 Å². The molecule has 1 heterocycles. The number of hydrogen-bond acceptors (Lipinski definition) is 3. The Morgan fingerprint density at radius 2 is 2.16 bits per heavy atom. The molecule has 0 radical (unpaired) electrons. The molecule has 2 N–H and O–H groups in total. The van der Waals surface area contributed by atoms with E-state index in [2.05, 4.69) is 10.3 Å². The Morgan fingerprint density at radius 3 is 2.74 bits per heavy atom. The molecule has 2 aromatic rings. The first-order valence-electron chi connectivity index (χ1n) is 5.43. The molecule has 19 heavy (non-hydrogen) atoms. The standard InChI is InChI=1S/C13H10FIN2O2/c14-9-2-4-12(11(15)5-9)17-7-10-3-1-8(6-16-10)13(18)19/h1-6,17H,7H2,(H,18,19). The van der Waals surface area contributed by atoms with Gasteiger partial charge in [-0.1, -0.05) is 0 Å². The largest absolute Gasteiger partial charge is 0.478 e. The first kappa shape index (κ1) is 13.7. The second kappa shape index (κ2) is 5.96. The Labute approximate surface area is 122 Å². The van der Waals surface area contributed by atoms with Gasteiger partial charge in [0.2, 0.25) is 0 Å². The van der Waals surface area contributed by atoms with E-state index >= 15 is 0 Å². The van der Waals surface area contributed by atoms with E-state index in [1.54, 1.807) is 12.1 Å². The molecular weight excluding hydrogens is 362 g/mol. The molecule has 1 aromatic heterocycles. The van der Waals surface area contributed by atoms with Crippen LogP contribution in [-0.2, 0) is 6.54 Å². The van der Waals surface area contributed by atoms with Crippen LogP contribution in [-0.4, -0.2) is 16.1 Å². The second-order valence-corrected chi connectivity index (χ2v) is 4.98. The summed E-state index contributed by atoms with van der Waals surface area (Å²) in [5, 5.41) is 11.9. The summed E-state index contributed by atoms with van der Waals surface area (Å²) in [5.74, 6) is -1.28. The lowest BCUT2D eigenvalue weighted by Gasteiger charge is -2.08. The number of aromatic carboxylic acids is 1. The van der Waals surface area contributed by atoms with E-state index in [1.165, 1.54) is 24.4 Å². The van der Waals surface area contributed by atoms with Crippen LogP contribution in [0.3, 0.4) is 0 Å². The highest BCUT2D eigenvalue weighted by Gasteiger charge is 2.04. The van der Waals surface area contributed by atoms with Gasteiger partial charge in [-0.3, -0.25) is 4.98 Å². The summed E-state index contributed by atoms with van der Waals surface area (Å²) in [7, 11) is 0. The summed E-state index contributed by atoms with van der Waals surface area (Å²) in [6.07, 6.45) is 1.31. The summed E-state index contributed by atoms with van der Waals surface area (Å²) < 4.78 is 13.7. The molecule has 4 nitrogen and oxygen atoms in total. The van der Waals surface area contributed by atoms with Crippen LogP contribution in [0.2, 0.25) is 0 Å². The number of aromatic nitrogens is 1. The summed E-state index contributed by atoms with van der Waals surface area (Å²) in [6, 6.07) is 7.62. The Balaban J connectivity index is 2.04. The van der Waals surface area contributed by atoms with Gasteiger partial charge in [0.1, 0.15) is 5.82 Å². The van der Waals surface area contributed by atoms with Crippen molar-refractivity contribution in [2.45, 2.75) is 6.54 Å². The molecule has 0 bridgehead atoms. The average Bonchev–Trinajstić information content (AvgIpc) is 2.38. The van der Waals surface area contributed by atoms with Gasteiger partial charge in [0.15, 0.2) is 0 Å². The van der Waals surface area contributed by atoms with E-state index < -0.39 is 5.97 Å². The van der Waals surface area contributed by atoms with E-state index in [1.807, 2.05) is 22.6 Å². The molecule has 0 aliphatic rings. The molecule has 2 rings (SSSR count). The van der Waals surface area contributed by atoms with Crippen LogP contribution < -0.4 is 5.32 Å². The molecule has 0 saturated heterocycles. The number of halogens is 2. The van der Waals surface area contributed by atoms with Crippen LogP contribution in [0, 0.1) is 9.39 Å². The van der Waals surface area contributed by atoms with Gasteiger partial charge in [0.05, 0.1) is 17.8 Å². The van der Waals surface area contributed by atoms with E-state index in [4.69, 9.17) is 5.11 Å². The first-order chi connectivity index (χ1) is 9.06. The maximum Gasteiger partial charge on any atom is 0.337 e. The minimum atomic E-state index is -1.000. The number of nitrogens with one attached hydrogen (secondary N) is 1. The predicted molar refractivity (Wildman–Crippen MR) is 77.6 cm³/mol. The highest BCUT2D eigenvalue weighted by atomic mass is 127. The highest BCUT2D eigenvalue weighted by Crippen LogP contribution is 2.19. The fourth-order valence-electron chi connectivity index (χ4n) is 1.47.